The second kappa shape index (κ2) is 5.38. The highest BCUT2D eigenvalue weighted by molar-refractivity contribution is 9.10. The Morgan fingerprint density at radius 2 is 2.10 bits per heavy atom. The molecule has 2 fully saturated rings. The van der Waals surface area contributed by atoms with Crippen LogP contribution >= 0.6 is 15.9 Å². The van der Waals surface area contributed by atoms with E-state index in [9.17, 15) is 4.79 Å². The molecule has 4 nitrogen and oxygen atoms in total. The van der Waals surface area contributed by atoms with Crippen LogP contribution in [0.1, 0.15) is 25.3 Å². The topological polar surface area (TPSA) is 55.6 Å². The number of hydrogen-bond acceptors (Lipinski definition) is 3. The van der Waals surface area contributed by atoms with E-state index in [2.05, 4.69) is 15.9 Å². The maximum Gasteiger partial charge on any atom is 0.246 e. The average molecular weight is 353 g/mol. The van der Waals surface area contributed by atoms with Crippen LogP contribution in [0.2, 0.25) is 0 Å². The second-order valence-electron chi connectivity index (χ2n) is 6.49. The monoisotopic (exact) mass is 352 g/mol. The number of benzene rings is 1. The first-order chi connectivity index (χ1) is 9.93. The molecule has 0 radical (unpaired) electrons. The molecule has 5 heteroatoms. The van der Waals surface area contributed by atoms with Gasteiger partial charge in [-0.1, -0.05) is 28.1 Å². The zero-order valence-corrected chi connectivity index (χ0v) is 13.9. The number of ether oxygens (including phenoxy) is 1. The van der Waals surface area contributed by atoms with Gasteiger partial charge in [-0.2, -0.15) is 0 Å². The summed E-state index contributed by atoms with van der Waals surface area (Å²) < 4.78 is 6.50. The summed E-state index contributed by atoms with van der Waals surface area (Å²) in [5.41, 5.74) is 6.40. The van der Waals surface area contributed by atoms with Gasteiger partial charge >= 0.3 is 0 Å². The molecule has 2 unspecified atom stereocenters. The maximum absolute atomic E-state index is 12.8. The van der Waals surface area contributed by atoms with Crippen molar-refractivity contribution in [3.05, 3.63) is 34.3 Å². The summed E-state index contributed by atoms with van der Waals surface area (Å²) in [4.78, 5) is 14.8. The number of likely N-dealkylation sites (tertiary alicyclic amines) is 1. The Kier molecular flexibility index (Phi) is 3.84. The van der Waals surface area contributed by atoms with E-state index in [-0.39, 0.29) is 11.3 Å². The average Bonchev–Trinajstić information content (AvgIpc) is 3.09. The number of rotatable bonds is 2. The normalized spacial score (nSPS) is 28.0. The lowest BCUT2D eigenvalue weighted by Gasteiger charge is -2.30. The summed E-state index contributed by atoms with van der Waals surface area (Å²) in [6.07, 6.45) is 2.07. The fraction of sp³-hybridized carbons (Fsp3) is 0.562. The Morgan fingerprint density at radius 1 is 1.38 bits per heavy atom. The molecule has 3 rings (SSSR count). The highest BCUT2D eigenvalue weighted by atomic mass is 79.9. The summed E-state index contributed by atoms with van der Waals surface area (Å²) >= 11 is 3.41. The lowest BCUT2D eigenvalue weighted by Crippen LogP contribution is -2.50. The molecule has 2 saturated heterocycles. The van der Waals surface area contributed by atoms with Gasteiger partial charge in [0.1, 0.15) is 5.54 Å². The van der Waals surface area contributed by atoms with Crippen molar-refractivity contribution in [1.82, 2.24) is 4.90 Å². The van der Waals surface area contributed by atoms with Crippen LogP contribution in [0.15, 0.2) is 28.7 Å². The molecule has 1 amide bonds. The molecule has 2 aliphatic rings. The lowest BCUT2D eigenvalue weighted by atomic mass is 9.86. The molecule has 2 atom stereocenters. The standard InChI is InChI=1S/C16H21BrN2O2/c1-15(18,12-2-4-13(17)5-3-12)14(20)19-8-6-16(10-19)7-9-21-11-16/h2-5H,6-11,18H2,1H3. The van der Waals surface area contributed by atoms with E-state index < -0.39 is 5.54 Å². The van der Waals surface area contributed by atoms with E-state index in [0.29, 0.717) is 0 Å². The predicted molar refractivity (Wildman–Crippen MR) is 84.7 cm³/mol. The van der Waals surface area contributed by atoms with Crippen molar-refractivity contribution in [3.8, 4) is 0 Å². The Morgan fingerprint density at radius 3 is 2.71 bits per heavy atom. The Balaban J connectivity index is 1.76. The van der Waals surface area contributed by atoms with Gasteiger partial charge in [-0.25, -0.2) is 0 Å². The highest BCUT2D eigenvalue weighted by Crippen LogP contribution is 2.39. The first-order valence-corrected chi connectivity index (χ1v) is 8.14. The van der Waals surface area contributed by atoms with Gasteiger partial charge in [0.2, 0.25) is 5.91 Å². The molecule has 2 heterocycles. The van der Waals surface area contributed by atoms with E-state index in [4.69, 9.17) is 10.5 Å². The van der Waals surface area contributed by atoms with Crippen molar-refractivity contribution >= 4 is 21.8 Å². The van der Waals surface area contributed by atoms with Gasteiger partial charge in [0.05, 0.1) is 6.61 Å². The summed E-state index contributed by atoms with van der Waals surface area (Å²) in [5.74, 6) is 0.00796. The van der Waals surface area contributed by atoms with Crippen LogP contribution in [0.4, 0.5) is 0 Å². The minimum atomic E-state index is -0.980. The Bertz CT molecular complexity index is 536. The first-order valence-electron chi connectivity index (χ1n) is 7.35. The van der Waals surface area contributed by atoms with Gasteiger partial charge in [0.25, 0.3) is 0 Å². The van der Waals surface area contributed by atoms with Crippen LogP contribution in [0.25, 0.3) is 0 Å². The fourth-order valence-corrected chi connectivity index (χ4v) is 3.59. The minimum Gasteiger partial charge on any atom is -0.381 e. The van der Waals surface area contributed by atoms with E-state index >= 15 is 0 Å². The highest BCUT2D eigenvalue weighted by Gasteiger charge is 2.45. The van der Waals surface area contributed by atoms with Crippen LogP contribution in [0.3, 0.4) is 0 Å². The molecule has 0 saturated carbocycles. The van der Waals surface area contributed by atoms with Gasteiger partial charge in [-0.3, -0.25) is 4.79 Å². The van der Waals surface area contributed by atoms with Crippen molar-refractivity contribution in [2.75, 3.05) is 26.3 Å². The molecule has 1 aromatic rings. The molecular weight excluding hydrogens is 332 g/mol. The number of amides is 1. The zero-order valence-electron chi connectivity index (χ0n) is 12.3. The molecule has 0 aromatic heterocycles. The molecule has 2 aliphatic heterocycles. The van der Waals surface area contributed by atoms with Crippen molar-refractivity contribution in [1.29, 1.82) is 0 Å². The number of hydrogen-bond donors (Lipinski definition) is 1. The van der Waals surface area contributed by atoms with E-state index in [0.717, 1.165) is 49.2 Å². The molecule has 1 spiro atoms. The third-order valence-corrected chi connectivity index (χ3v) is 5.33. The first kappa shape index (κ1) is 15.0. The second-order valence-corrected chi connectivity index (χ2v) is 7.40. The molecular formula is C16H21BrN2O2. The SMILES string of the molecule is CC(N)(C(=O)N1CCC2(CCOC2)C1)c1ccc(Br)cc1. The van der Waals surface area contributed by atoms with Crippen molar-refractivity contribution in [2.45, 2.75) is 25.3 Å². The van der Waals surface area contributed by atoms with Gasteiger partial charge in [0, 0.05) is 29.6 Å². The van der Waals surface area contributed by atoms with Crippen LogP contribution in [0.5, 0.6) is 0 Å². The Labute approximate surface area is 133 Å². The number of carbonyl (C=O) groups is 1. The molecule has 0 bridgehead atoms. The van der Waals surface area contributed by atoms with Gasteiger partial charge in [0.15, 0.2) is 0 Å². The van der Waals surface area contributed by atoms with Crippen LogP contribution in [0, 0.1) is 5.41 Å². The molecule has 0 aliphatic carbocycles. The Hall–Kier alpha value is -0.910. The summed E-state index contributed by atoms with van der Waals surface area (Å²) in [6, 6.07) is 7.66. The van der Waals surface area contributed by atoms with E-state index in [1.807, 2.05) is 29.2 Å². The molecule has 114 valence electrons. The fourth-order valence-electron chi connectivity index (χ4n) is 3.33. The third-order valence-electron chi connectivity index (χ3n) is 4.80. The number of nitrogens with zero attached hydrogens (tertiary/aromatic N) is 1. The summed E-state index contributed by atoms with van der Waals surface area (Å²) in [7, 11) is 0. The number of carbonyl (C=O) groups excluding carboxylic acids is 1. The third kappa shape index (κ3) is 2.74. The van der Waals surface area contributed by atoms with Crippen molar-refractivity contribution in [3.63, 3.8) is 0 Å². The summed E-state index contributed by atoms with van der Waals surface area (Å²) in [5, 5.41) is 0. The van der Waals surface area contributed by atoms with Gasteiger partial charge < -0.3 is 15.4 Å². The largest absolute Gasteiger partial charge is 0.381 e. The molecule has 1 aromatic carbocycles. The van der Waals surface area contributed by atoms with Gasteiger partial charge in [-0.15, -0.1) is 0 Å². The number of nitrogens with two attached hydrogens (primary N) is 1. The maximum atomic E-state index is 12.8. The van der Waals surface area contributed by atoms with Crippen LogP contribution in [-0.2, 0) is 15.1 Å². The quantitative estimate of drug-likeness (QED) is 0.888. The lowest BCUT2D eigenvalue weighted by molar-refractivity contribution is -0.136. The van der Waals surface area contributed by atoms with Crippen molar-refractivity contribution < 1.29 is 9.53 Å². The van der Waals surface area contributed by atoms with E-state index in [1.54, 1.807) is 6.92 Å². The zero-order chi connectivity index (χ0) is 15.1. The summed E-state index contributed by atoms with van der Waals surface area (Å²) in [6.45, 7) is 4.94. The smallest absolute Gasteiger partial charge is 0.246 e. The van der Waals surface area contributed by atoms with Crippen molar-refractivity contribution in [2.24, 2.45) is 11.1 Å². The molecule has 2 N–H and O–H groups in total. The van der Waals surface area contributed by atoms with Crippen LogP contribution in [-0.4, -0.2) is 37.1 Å². The minimum absolute atomic E-state index is 0.00796. The number of halogens is 1. The van der Waals surface area contributed by atoms with Crippen LogP contribution < -0.4 is 5.73 Å². The van der Waals surface area contributed by atoms with Gasteiger partial charge in [-0.05, 0) is 37.5 Å². The molecule has 21 heavy (non-hydrogen) atoms. The predicted octanol–water partition coefficient (Wildman–Crippen LogP) is 2.26. The van der Waals surface area contributed by atoms with E-state index in [1.165, 1.54) is 0 Å².